The molecule has 0 unspecified atom stereocenters. The predicted molar refractivity (Wildman–Crippen MR) is 128 cm³/mol. The van der Waals surface area contributed by atoms with Crippen LogP contribution in [0, 0.1) is 22.7 Å². The van der Waals surface area contributed by atoms with E-state index in [2.05, 4.69) is 10.6 Å². The number of hydrogen-bond donors (Lipinski definition) is 4. The molecular weight excluding hydrogens is 392 g/mol. The summed E-state index contributed by atoms with van der Waals surface area (Å²) < 4.78 is 0. The fourth-order valence-corrected chi connectivity index (χ4v) is 3.83. The SMILES string of the molecule is C.C[C@@H]1C[C@H](NC(=O)C(C)(C)C)CC[C@H]1O.C[C@H]1C[C@@H](NC(=O)C(C)(C)C)CC[C@@H]1O. The number of carbonyl (C=O) groups is 2. The number of nitrogens with one attached hydrogen (secondary N) is 2. The van der Waals surface area contributed by atoms with Crippen molar-refractivity contribution in [2.24, 2.45) is 22.7 Å². The van der Waals surface area contributed by atoms with Crippen LogP contribution < -0.4 is 10.6 Å². The summed E-state index contributed by atoms with van der Waals surface area (Å²) >= 11 is 0. The van der Waals surface area contributed by atoms with Gasteiger partial charge in [-0.3, -0.25) is 9.59 Å². The Morgan fingerprint density at radius 3 is 1.19 bits per heavy atom. The molecule has 2 aliphatic rings. The highest BCUT2D eigenvalue weighted by Gasteiger charge is 2.31. The van der Waals surface area contributed by atoms with Gasteiger partial charge in [0.15, 0.2) is 0 Å². The number of aliphatic hydroxyl groups excluding tert-OH is 2. The van der Waals surface area contributed by atoms with Crippen LogP contribution in [0.4, 0.5) is 0 Å². The van der Waals surface area contributed by atoms with Gasteiger partial charge in [0.2, 0.25) is 11.8 Å². The van der Waals surface area contributed by atoms with Gasteiger partial charge in [0.1, 0.15) is 0 Å². The van der Waals surface area contributed by atoms with E-state index in [0.29, 0.717) is 11.8 Å². The standard InChI is InChI=1S/2C12H23NO2.CH4/c2*1-8-7-9(5-6-10(8)14)13-11(15)12(2,3)4;/h2*8-10,14H,5-7H2,1-4H3,(H,13,15);1H4/t2*8-,9-,10-;/m10./s1. The molecule has 2 fully saturated rings. The molecule has 6 atom stereocenters. The average molecular weight is 443 g/mol. The molecule has 0 aliphatic heterocycles. The summed E-state index contributed by atoms with van der Waals surface area (Å²) in [6, 6.07) is 0.491. The lowest BCUT2D eigenvalue weighted by molar-refractivity contribution is -0.130. The van der Waals surface area contributed by atoms with Gasteiger partial charge in [-0.25, -0.2) is 0 Å². The smallest absolute Gasteiger partial charge is 0.225 e. The first-order valence-electron chi connectivity index (χ1n) is 11.6. The van der Waals surface area contributed by atoms with Gasteiger partial charge in [-0.15, -0.1) is 0 Å². The lowest BCUT2D eigenvalue weighted by atomic mass is 9.84. The zero-order valence-corrected chi connectivity index (χ0v) is 20.4. The van der Waals surface area contributed by atoms with Crippen molar-refractivity contribution < 1.29 is 19.8 Å². The third-order valence-electron chi connectivity index (χ3n) is 6.28. The molecule has 0 aromatic heterocycles. The number of carbonyl (C=O) groups excluding carboxylic acids is 2. The first-order valence-corrected chi connectivity index (χ1v) is 11.6. The average Bonchev–Trinajstić information content (AvgIpc) is 2.60. The van der Waals surface area contributed by atoms with Crippen LogP contribution in [0.3, 0.4) is 0 Å². The molecule has 2 saturated carbocycles. The van der Waals surface area contributed by atoms with Gasteiger partial charge in [0, 0.05) is 22.9 Å². The molecule has 6 heteroatoms. The van der Waals surface area contributed by atoms with Gasteiger partial charge in [-0.05, 0) is 50.4 Å². The first kappa shape index (κ1) is 29.9. The lowest BCUT2D eigenvalue weighted by Gasteiger charge is -2.33. The minimum atomic E-state index is -0.320. The van der Waals surface area contributed by atoms with Crippen LogP contribution in [0.1, 0.15) is 101 Å². The van der Waals surface area contributed by atoms with Crippen molar-refractivity contribution in [3.63, 3.8) is 0 Å². The summed E-state index contributed by atoms with van der Waals surface area (Å²) in [5, 5.41) is 25.3. The second-order valence-corrected chi connectivity index (χ2v) is 11.6. The summed E-state index contributed by atoms with van der Waals surface area (Å²) in [5.41, 5.74) is -0.640. The molecule has 6 nitrogen and oxygen atoms in total. The Kier molecular flexibility index (Phi) is 11.7. The van der Waals surface area contributed by atoms with Gasteiger partial charge in [0.05, 0.1) is 12.2 Å². The Morgan fingerprint density at radius 2 is 0.968 bits per heavy atom. The molecule has 0 radical (unpaired) electrons. The van der Waals surface area contributed by atoms with Crippen LogP contribution >= 0.6 is 0 Å². The maximum Gasteiger partial charge on any atom is 0.225 e. The van der Waals surface area contributed by atoms with Crippen molar-refractivity contribution >= 4 is 11.8 Å². The van der Waals surface area contributed by atoms with E-state index >= 15 is 0 Å². The number of hydrogen-bond acceptors (Lipinski definition) is 4. The highest BCUT2D eigenvalue weighted by atomic mass is 16.3. The molecule has 0 saturated heterocycles. The van der Waals surface area contributed by atoms with Crippen molar-refractivity contribution in [1.29, 1.82) is 0 Å². The fraction of sp³-hybridized carbons (Fsp3) is 0.920. The molecule has 2 rings (SSSR count). The zero-order chi connectivity index (χ0) is 23.3. The zero-order valence-electron chi connectivity index (χ0n) is 20.4. The van der Waals surface area contributed by atoms with E-state index in [-0.39, 0.29) is 54.4 Å². The van der Waals surface area contributed by atoms with Crippen LogP contribution in [-0.2, 0) is 9.59 Å². The van der Waals surface area contributed by atoms with Crippen LogP contribution in [0.15, 0.2) is 0 Å². The third-order valence-corrected chi connectivity index (χ3v) is 6.28. The van der Waals surface area contributed by atoms with E-state index in [1.807, 2.05) is 55.4 Å². The van der Waals surface area contributed by atoms with Gasteiger partial charge < -0.3 is 20.8 Å². The van der Waals surface area contributed by atoms with Gasteiger partial charge in [-0.1, -0.05) is 62.8 Å². The maximum atomic E-state index is 11.7. The van der Waals surface area contributed by atoms with Crippen LogP contribution in [-0.4, -0.2) is 46.3 Å². The Bertz CT molecular complexity index is 515. The minimum absolute atomic E-state index is 0. The maximum absolute atomic E-state index is 11.7. The summed E-state index contributed by atoms with van der Waals surface area (Å²) in [7, 11) is 0. The van der Waals surface area contributed by atoms with E-state index in [1.54, 1.807) is 0 Å². The molecule has 0 aromatic carbocycles. The van der Waals surface area contributed by atoms with Crippen LogP contribution in [0.2, 0.25) is 0 Å². The number of aliphatic hydroxyl groups is 2. The lowest BCUT2D eigenvalue weighted by Crippen LogP contribution is -2.45. The highest BCUT2D eigenvalue weighted by Crippen LogP contribution is 2.26. The van der Waals surface area contributed by atoms with Crippen LogP contribution in [0.5, 0.6) is 0 Å². The molecule has 4 N–H and O–H groups in total. The van der Waals surface area contributed by atoms with E-state index in [1.165, 1.54) is 0 Å². The van der Waals surface area contributed by atoms with E-state index < -0.39 is 0 Å². The molecule has 0 bridgehead atoms. The fourth-order valence-electron chi connectivity index (χ4n) is 3.83. The Balaban J connectivity index is 0.000000562. The summed E-state index contributed by atoms with van der Waals surface area (Å²) in [4.78, 5) is 23.5. The molecule has 31 heavy (non-hydrogen) atoms. The first-order chi connectivity index (χ1) is 13.6. The molecule has 0 aromatic rings. The van der Waals surface area contributed by atoms with E-state index in [4.69, 9.17) is 0 Å². The molecule has 0 spiro atoms. The third kappa shape index (κ3) is 10.3. The molecular formula is C25H50N2O4. The topological polar surface area (TPSA) is 98.7 Å². The van der Waals surface area contributed by atoms with Crippen LogP contribution in [0.25, 0.3) is 0 Å². The molecule has 0 heterocycles. The van der Waals surface area contributed by atoms with E-state index in [9.17, 15) is 19.8 Å². The normalized spacial score (nSPS) is 31.4. The quantitative estimate of drug-likeness (QED) is 0.519. The Labute approximate surface area is 191 Å². The molecule has 2 amide bonds. The van der Waals surface area contributed by atoms with Crippen molar-refractivity contribution in [1.82, 2.24) is 10.6 Å². The monoisotopic (exact) mass is 442 g/mol. The van der Waals surface area contributed by atoms with Gasteiger partial charge >= 0.3 is 0 Å². The van der Waals surface area contributed by atoms with Crippen molar-refractivity contribution in [3.05, 3.63) is 0 Å². The predicted octanol–water partition coefficient (Wildman–Crippen LogP) is 4.03. The Hall–Kier alpha value is -1.14. The van der Waals surface area contributed by atoms with Crippen molar-refractivity contribution in [2.45, 2.75) is 126 Å². The van der Waals surface area contributed by atoms with Crippen molar-refractivity contribution in [3.8, 4) is 0 Å². The Morgan fingerprint density at radius 1 is 0.677 bits per heavy atom. The van der Waals surface area contributed by atoms with Crippen molar-refractivity contribution in [2.75, 3.05) is 0 Å². The summed E-state index contributed by atoms with van der Waals surface area (Å²) in [5.74, 6) is 0.806. The number of rotatable bonds is 2. The molecule has 184 valence electrons. The summed E-state index contributed by atoms with van der Waals surface area (Å²) in [6.45, 7) is 15.6. The summed E-state index contributed by atoms with van der Waals surface area (Å²) in [6.07, 6.45) is 4.81. The molecule has 2 aliphatic carbocycles. The van der Waals surface area contributed by atoms with Gasteiger partial charge in [-0.2, -0.15) is 0 Å². The van der Waals surface area contributed by atoms with Gasteiger partial charge in [0.25, 0.3) is 0 Å². The highest BCUT2D eigenvalue weighted by molar-refractivity contribution is 5.82. The second-order valence-electron chi connectivity index (χ2n) is 11.6. The van der Waals surface area contributed by atoms with E-state index in [0.717, 1.165) is 38.5 Å². The number of amides is 2. The largest absolute Gasteiger partial charge is 0.393 e. The minimum Gasteiger partial charge on any atom is -0.393 e. The second kappa shape index (κ2) is 12.2.